The minimum absolute atomic E-state index is 0. The topological polar surface area (TPSA) is 79.5 Å². The van der Waals surface area contributed by atoms with Gasteiger partial charge in [0.25, 0.3) is 5.91 Å². The SMILES string of the molecule is CNCCCC(=O)NC(C)c1ccc(OCC(=O)NC2CC2)cc1.Cl. The van der Waals surface area contributed by atoms with Gasteiger partial charge in [0.1, 0.15) is 5.75 Å². The molecule has 0 spiro atoms. The lowest BCUT2D eigenvalue weighted by Crippen LogP contribution is -2.30. The van der Waals surface area contributed by atoms with E-state index in [-0.39, 0.29) is 36.9 Å². The van der Waals surface area contributed by atoms with Crippen molar-refractivity contribution in [2.75, 3.05) is 20.2 Å². The third-order valence-electron chi connectivity index (χ3n) is 3.90. The number of hydrogen-bond acceptors (Lipinski definition) is 4. The number of ether oxygens (including phenoxy) is 1. The Morgan fingerprint density at radius 1 is 1.20 bits per heavy atom. The zero-order valence-corrected chi connectivity index (χ0v) is 15.7. The summed E-state index contributed by atoms with van der Waals surface area (Å²) < 4.78 is 5.47. The van der Waals surface area contributed by atoms with Crippen LogP contribution >= 0.6 is 12.4 Å². The number of hydrogen-bond donors (Lipinski definition) is 3. The van der Waals surface area contributed by atoms with Crippen molar-refractivity contribution in [3.63, 3.8) is 0 Å². The van der Waals surface area contributed by atoms with Gasteiger partial charge in [0, 0.05) is 12.5 Å². The van der Waals surface area contributed by atoms with Crippen molar-refractivity contribution in [2.24, 2.45) is 0 Å². The third kappa shape index (κ3) is 8.23. The summed E-state index contributed by atoms with van der Waals surface area (Å²) in [6, 6.07) is 7.76. The first-order valence-corrected chi connectivity index (χ1v) is 8.54. The predicted molar refractivity (Wildman–Crippen MR) is 100 cm³/mol. The molecule has 1 aromatic rings. The summed E-state index contributed by atoms with van der Waals surface area (Å²) in [6.07, 6.45) is 3.48. The fraction of sp³-hybridized carbons (Fsp3) is 0.556. The molecule has 3 N–H and O–H groups in total. The van der Waals surface area contributed by atoms with Crippen LogP contribution in [0.5, 0.6) is 5.75 Å². The number of carbonyl (C=O) groups is 2. The lowest BCUT2D eigenvalue weighted by molar-refractivity contribution is -0.123. The van der Waals surface area contributed by atoms with E-state index in [9.17, 15) is 9.59 Å². The maximum atomic E-state index is 11.8. The standard InChI is InChI=1S/C18H27N3O3.ClH/c1-13(20-17(22)4-3-11-19-2)14-5-9-16(10-6-14)24-12-18(23)21-15-7-8-15;/h5-6,9-10,13,15,19H,3-4,7-8,11-12H2,1-2H3,(H,20,22)(H,21,23);1H. The van der Waals surface area contributed by atoms with Gasteiger partial charge in [-0.2, -0.15) is 0 Å². The van der Waals surface area contributed by atoms with Gasteiger partial charge in [-0.3, -0.25) is 9.59 Å². The van der Waals surface area contributed by atoms with E-state index in [1.54, 1.807) is 0 Å². The molecule has 140 valence electrons. The summed E-state index contributed by atoms with van der Waals surface area (Å²) in [5, 5.41) is 8.89. The van der Waals surface area contributed by atoms with E-state index in [1.165, 1.54) is 0 Å². The maximum absolute atomic E-state index is 11.8. The Bertz CT molecular complexity index is 547. The van der Waals surface area contributed by atoms with Crippen LogP contribution in [0.25, 0.3) is 0 Å². The van der Waals surface area contributed by atoms with Crippen LogP contribution in [0.1, 0.15) is 44.2 Å². The molecule has 1 fully saturated rings. The fourth-order valence-electron chi connectivity index (χ4n) is 2.32. The van der Waals surface area contributed by atoms with Crippen molar-refractivity contribution in [3.05, 3.63) is 29.8 Å². The minimum Gasteiger partial charge on any atom is -0.484 e. The van der Waals surface area contributed by atoms with Crippen LogP contribution in [0.4, 0.5) is 0 Å². The lowest BCUT2D eigenvalue weighted by Gasteiger charge is -2.15. The van der Waals surface area contributed by atoms with Gasteiger partial charge in [-0.15, -0.1) is 12.4 Å². The Hall–Kier alpha value is -1.79. The Kier molecular flexibility index (Phi) is 9.31. The second-order valence-electron chi connectivity index (χ2n) is 6.20. The van der Waals surface area contributed by atoms with Crippen LogP contribution in [0.3, 0.4) is 0 Å². The molecule has 0 aromatic heterocycles. The summed E-state index contributed by atoms with van der Waals surface area (Å²) in [4.78, 5) is 23.4. The molecule has 1 aliphatic carbocycles. The Labute approximate surface area is 155 Å². The summed E-state index contributed by atoms with van der Waals surface area (Å²) in [5.74, 6) is 0.621. The van der Waals surface area contributed by atoms with E-state index in [0.29, 0.717) is 18.2 Å². The van der Waals surface area contributed by atoms with Crippen LogP contribution in [0, 0.1) is 0 Å². The van der Waals surface area contributed by atoms with Gasteiger partial charge in [-0.25, -0.2) is 0 Å². The Morgan fingerprint density at radius 2 is 1.88 bits per heavy atom. The van der Waals surface area contributed by atoms with Crippen molar-refractivity contribution in [1.82, 2.24) is 16.0 Å². The van der Waals surface area contributed by atoms with E-state index in [2.05, 4.69) is 16.0 Å². The molecule has 2 amide bonds. The third-order valence-corrected chi connectivity index (χ3v) is 3.90. The summed E-state index contributed by atoms with van der Waals surface area (Å²) in [7, 11) is 1.87. The molecular formula is C18H28ClN3O3. The number of benzene rings is 1. The zero-order valence-electron chi connectivity index (χ0n) is 14.8. The molecule has 0 saturated heterocycles. The first kappa shape index (κ1) is 21.3. The zero-order chi connectivity index (χ0) is 17.4. The molecule has 2 rings (SSSR count). The summed E-state index contributed by atoms with van der Waals surface area (Å²) >= 11 is 0. The molecular weight excluding hydrogens is 342 g/mol. The second-order valence-corrected chi connectivity index (χ2v) is 6.20. The minimum atomic E-state index is -0.0798. The Morgan fingerprint density at radius 3 is 2.48 bits per heavy atom. The largest absolute Gasteiger partial charge is 0.484 e. The van der Waals surface area contributed by atoms with Gasteiger partial charge in [0.2, 0.25) is 5.91 Å². The van der Waals surface area contributed by atoms with E-state index >= 15 is 0 Å². The quantitative estimate of drug-likeness (QED) is 0.551. The van der Waals surface area contributed by atoms with Crippen LogP contribution in [-0.4, -0.2) is 38.1 Å². The molecule has 1 aromatic carbocycles. The van der Waals surface area contributed by atoms with Gasteiger partial charge >= 0.3 is 0 Å². The maximum Gasteiger partial charge on any atom is 0.258 e. The molecule has 1 unspecified atom stereocenters. The molecule has 1 saturated carbocycles. The average Bonchev–Trinajstić information content (AvgIpc) is 3.37. The van der Waals surface area contributed by atoms with Gasteiger partial charge in [0.15, 0.2) is 6.61 Å². The molecule has 0 heterocycles. The van der Waals surface area contributed by atoms with Gasteiger partial charge in [-0.05, 0) is 57.5 Å². The number of halogens is 1. The van der Waals surface area contributed by atoms with Gasteiger partial charge < -0.3 is 20.7 Å². The highest BCUT2D eigenvalue weighted by atomic mass is 35.5. The summed E-state index contributed by atoms with van der Waals surface area (Å²) in [5.41, 5.74) is 1.01. The van der Waals surface area contributed by atoms with E-state index in [4.69, 9.17) is 4.74 Å². The van der Waals surface area contributed by atoms with Crippen molar-refractivity contribution >= 4 is 24.2 Å². The van der Waals surface area contributed by atoms with Crippen LogP contribution < -0.4 is 20.7 Å². The average molecular weight is 370 g/mol. The van der Waals surface area contributed by atoms with E-state index in [1.807, 2.05) is 38.2 Å². The summed E-state index contributed by atoms with van der Waals surface area (Å²) in [6.45, 7) is 2.82. The second kappa shape index (κ2) is 10.9. The molecule has 0 bridgehead atoms. The highest BCUT2D eigenvalue weighted by Gasteiger charge is 2.23. The van der Waals surface area contributed by atoms with Gasteiger partial charge in [-0.1, -0.05) is 12.1 Å². The van der Waals surface area contributed by atoms with Crippen molar-refractivity contribution < 1.29 is 14.3 Å². The van der Waals surface area contributed by atoms with Crippen molar-refractivity contribution in [3.8, 4) is 5.75 Å². The number of amides is 2. The molecule has 1 atom stereocenters. The van der Waals surface area contributed by atoms with Crippen molar-refractivity contribution in [1.29, 1.82) is 0 Å². The van der Waals surface area contributed by atoms with Crippen LogP contribution in [0.15, 0.2) is 24.3 Å². The van der Waals surface area contributed by atoms with Gasteiger partial charge in [0.05, 0.1) is 6.04 Å². The first-order chi connectivity index (χ1) is 11.6. The Balaban J connectivity index is 0.00000312. The first-order valence-electron chi connectivity index (χ1n) is 8.54. The number of carbonyl (C=O) groups excluding carboxylic acids is 2. The van der Waals surface area contributed by atoms with Crippen molar-refractivity contribution in [2.45, 2.75) is 44.7 Å². The molecule has 0 aliphatic heterocycles. The normalized spacial score (nSPS) is 14.2. The molecule has 7 heteroatoms. The molecule has 25 heavy (non-hydrogen) atoms. The number of nitrogens with one attached hydrogen (secondary N) is 3. The van der Waals surface area contributed by atoms with E-state index in [0.717, 1.165) is 31.4 Å². The molecule has 1 aliphatic rings. The smallest absolute Gasteiger partial charge is 0.258 e. The van der Waals surface area contributed by atoms with Crippen LogP contribution in [0.2, 0.25) is 0 Å². The lowest BCUT2D eigenvalue weighted by atomic mass is 10.1. The highest BCUT2D eigenvalue weighted by molar-refractivity contribution is 5.85. The fourth-order valence-corrected chi connectivity index (χ4v) is 2.32. The predicted octanol–water partition coefficient (Wildman–Crippen LogP) is 1.94. The van der Waals surface area contributed by atoms with E-state index < -0.39 is 0 Å². The van der Waals surface area contributed by atoms with Crippen LogP contribution in [-0.2, 0) is 9.59 Å². The highest BCUT2D eigenvalue weighted by Crippen LogP contribution is 2.19. The number of rotatable bonds is 10. The monoisotopic (exact) mass is 369 g/mol. The molecule has 6 nitrogen and oxygen atoms in total. The molecule has 0 radical (unpaired) electrons.